The maximum absolute atomic E-state index is 13.5. The van der Waals surface area contributed by atoms with Crippen molar-refractivity contribution in [3.8, 4) is 5.69 Å². The van der Waals surface area contributed by atoms with Crippen LogP contribution in [0.4, 0.5) is 4.39 Å². The summed E-state index contributed by atoms with van der Waals surface area (Å²) in [6, 6.07) is 11.8. The van der Waals surface area contributed by atoms with Gasteiger partial charge in [0.1, 0.15) is 11.6 Å². The maximum atomic E-state index is 13.5. The van der Waals surface area contributed by atoms with E-state index in [1.54, 1.807) is 18.2 Å². The number of alkyl halides is 1. The second-order valence-electron chi connectivity index (χ2n) is 4.53. The van der Waals surface area contributed by atoms with Gasteiger partial charge in [0.05, 0.1) is 22.1 Å². The molecule has 3 rings (SSSR count). The highest BCUT2D eigenvalue weighted by atomic mass is 35.5. The number of benzene rings is 2. The van der Waals surface area contributed by atoms with Crippen molar-refractivity contribution >= 4 is 34.2 Å². The highest BCUT2D eigenvalue weighted by Gasteiger charge is 2.16. The van der Waals surface area contributed by atoms with E-state index in [1.165, 1.54) is 12.1 Å². The highest BCUT2D eigenvalue weighted by molar-refractivity contribution is 6.31. The minimum absolute atomic E-state index is 0.300. The average molecular weight is 309 g/mol. The number of imidazole rings is 1. The summed E-state index contributed by atoms with van der Waals surface area (Å²) < 4.78 is 15.3. The summed E-state index contributed by atoms with van der Waals surface area (Å²) in [5.74, 6) is 0.362. The Morgan fingerprint density at radius 1 is 1.20 bits per heavy atom. The second-order valence-corrected chi connectivity index (χ2v) is 5.63. The van der Waals surface area contributed by atoms with Crippen LogP contribution in [0.25, 0.3) is 16.7 Å². The Morgan fingerprint density at radius 3 is 2.70 bits per heavy atom. The van der Waals surface area contributed by atoms with Crippen LogP contribution in [-0.2, 0) is 0 Å². The lowest BCUT2D eigenvalue weighted by Gasteiger charge is -2.10. The molecule has 0 aliphatic rings. The third-order valence-corrected chi connectivity index (χ3v) is 3.49. The van der Waals surface area contributed by atoms with E-state index in [9.17, 15) is 4.39 Å². The van der Waals surface area contributed by atoms with Gasteiger partial charge in [0, 0.05) is 5.02 Å². The zero-order chi connectivity index (χ0) is 14.3. The Hall–Kier alpha value is -1.58. The molecule has 5 heteroatoms. The molecule has 1 heterocycles. The van der Waals surface area contributed by atoms with Crippen LogP contribution in [-0.4, -0.2) is 9.55 Å². The standard InChI is InChI=1S/C15H11Cl2FN2/c1-9(16)15-19-13-7-10(17)5-6-14(13)20(15)12-4-2-3-11(18)8-12/h2-9H,1H3. The van der Waals surface area contributed by atoms with Crippen LogP contribution in [0.3, 0.4) is 0 Å². The first-order valence-corrected chi connectivity index (χ1v) is 6.95. The fourth-order valence-electron chi connectivity index (χ4n) is 2.23. The number of fused-ring (bicyclic) bond motifs is 1. The van der Waals surface area contributed by atoms with Gasteiger partial charge in [-0.25, -0.2) is 9.37 Å². The van der Waals surface area contributed by atoms with E-state index in [2.05, 4.69) is 4.98 Å². The van der Waals surface area contributed by atoms with Crippen LogP contribution in [0.1, 0.15) is 18.1 Å². The van der Waals surface area contributed by atoms with Crippen LogP contribution in [0.15, 0.2) is 42.5 Å². The lowest BCUT2D eigenvalue weighted by atomic mass is 10.2. The zero-order valence-electron chi connectivity index (χ0n) is 10.6. The van der Waals surface area contributed by atoms with Gasteiger partial charge in [-0.15, -0.1) is 11.6 Å². The molecule has 1 unspecified atom stereocenters. The van der Waals surface area contributed by atoms with Gasteiger partial charge in [-0.2, -0.15) is 0 Å². The molecule has 0 spiro atoms. The average Bonchev–Trinajstić information content (AvgIpc) is 2.77. The molecule has 0 radical (unpaired) electrons. The molecule has 0 aliphatic heterocycles. The van der Waals surface area contributed by atoms with Gasteiger partial charge >= 0.3 is 0 Å². The van der Waals surface area contributed by atoms with Crippen molar-refractivity contribution in [1.29, 1.82) is 0 Å². The number of hydrogen-bond donors (Lipinski definition) is 0. The molecule has 0 saturated heterocycles. The monoisotopic (exact) mass is 308 g/mol. The van der Waals surface area contributed by atoms with E-state index in [-0.39, 0.29) is 11.2 Å². The third kappa shape index (κ3) is 2.28. The van der Waals surface area contributed by atoms with Crippen molar-refractivity contribution in [2.24, 2.45) is 0 Å². The molecule has 0 amide bonds. The molecule has 3 aromatic rings. The van der Waals surface area contributed by atoms with Crippen molar-refractivity contribution in [2.75, 3.05) is 0 Å². The summed E-state index contributed by atoms with van der Waals surface area (Å²) in [4.78, 5) is 4.50. The van der Waals surface area contributed by atoms with Gasteiger partial charge in [-0.05, 0) is 43.3 Å². The van der Waals surface area contributed by atoms with E-state index in [4.69, 9.17) is 23.2 Å². The van der Waals surface area contributed by atoms with Crippen LogP contribution >= 0.6 is 23.2 Å². The Kier molecular flexibility index (Phi) is 3.40. The first-order valence-electron chi connectivity index (χ1n) is 6.14. The summed E-state index contributed by atoms with van der Waals surface area (Å²) in [7, 11) is 0. The largest absolute Gasteiger partial charge is 0.295 e. The SMILES string of the molecule is CC(Cl)c1nc2cc(Cl)ccc2n1-c1cccc(F)c1. The molecule has 0 aliphatic carbocycles. The molecule has 2 aromatic carbocycles. The zero-order valence-corrected chi connectivity index (χ0v) is 12.2. The number of hydrogen-bond acceptors (Lipinski definition) is 1. The van der Waals surface area contributed by atoms with Crippen molar-refractivity contribution in [3.63, 3.8) is 0 Å². The molecular weight excluding hydrogens is 298 g/mol. The fourth-order valence-corrected chi connectivity index (χ4v) is 2.54. The van der Waals surface area contributed by atoms with Gasteiger partial charge in [-0.3, -0.25) is 4.57 Å². The summed E-state index contributed by atoms with van der Waals surface area (Å²) in [5, 5.41) is 0.305. The van der Waals surface area contributed by atoms with Crippen LogP contribution < -0.4 is 0 Å². The molecule has 102 valence electrons. The number of aromatic nitrogens is 2. The van der Waals surface area contributed by atoms with Crippen molar-refractivity contribution in [2.45, 2.75) is 12.3 Å². The van der Waals surface area contributed by atoms with E-state index < -0.39 is 0 Å². The Bertz CT molecular complexity index is 781. The molecule has 0 saturated carbocycles. The summed E-state index contributed by atoms with van der Waals surface area (Å²) in [5.41, 5.74) is 2.28. The van der Waals surface area contributed by atoms with Gasteiger partial charge in [0.2, 0.25) is 0 Å². The van der Waals surface area contributed by atoms with Crippen LogP contribution in [0.5, 0.6) is 0 Å². The highest BCUT2D eigenvalue weighted by Crippen LogP contribution is 2.29. The van der Waals surface area contributed by atoms with Crippen molar-refractivity contribution in [3.05, 3.63) is 59.1 Å². The van der Waals surface area contributed by atoms with E-state index in [1.807, 2.05) is 23.6 Å². The number of halogens is 3. The number of rotatable bonds is 2. The normalized spacial score (nSPS) is 12.8. The van der Waals surface area contributed by atoms with E-state index >= 15 is 0 Å². The van der Waals surface area contributed by atoms with Gasteiger partial charge in [0.25, 0.3) is 0 Å². The smallest absolute Gasteiger partial charge is 0.132 e. The molecule has 0 N–H and O–H groups in total. The fraction of sp³-hybridized carbons (Fsp3) is 0.133. The second kappa shape index (κ2) is 5.08. The summed E-state index contributed by atoms with van der Waals surface area (Å²) >= 11 is 12.2. The van der Waals surface area contributed by atoms with E-state index in [0.717, 1.165) is 11.0 Å². The third-order valence-electron chi connectivity index (χ3n) is 3.06. The van der Waals surface area contributed by atoms with Crippen LogP contribution in [0.2, 0.25) is 5.02 Å². The lowest BCUT2D eigenvalue weighted by Crippen LogP contribution is -2.02. The quantitative estimate of drug-likeness (QED) is 0.601. The van der Waals surface area contributed by atoms with Gasteiger partial charge in [-0.1, -0.05) is 17.7 Å². The van der Waals surface area contributed by atoms with Gasteiger partial charge in [0.15, 0.2) is 0 Å². The minimum atomic E-state index is -0.301. The maximum Gasteiger partial charge on any atom is 0.132 e. The molecular formula is C15H11Cl2FN2. The Labute approximate surface area is 125 Å². The topological polar surface area (TPSA) is 17.8 Å². The number of nitrogens with zero attached hydrogens (tertiary/aromatic N) is 2. The van der Waals surface area contributed by atoms with E-state index in [0.29, 0.717) is 16.5 Å². The van der Waals surface area contributed by atoms with Gasteiger partial charge < -0.3 is 0 Å². The summed E-state index contributed by atoms with van der Waals surface area (Å²) in [6.07, 6.45) is 0. The predicted molar refractivity (Wildman–Crippen MR) is 80.3 cm³/mol. The first-order chi connectivity index (χ1) is 9.56. The molecule has 1 aromatic heterocycles. The Morgan fingerprint density at radius 2 is 2.00 bits per heavy atom. The first kappa shape index (κ1) is 13.4. The lowest BCUT2D eigenvalue weighted by molar-refractivity contribution is 0.626. The molecule has 20 heavy (non-hydrogen) atoms. The molecule has 2 nitrogen and oxygen atoms in total. The minimum Gasteiger partial charge on any atom is -0.295 e. The van der Waals surface area contributed by atoms with Crippen LogP contribution in [0, 0.1) is 5.82 Å². The molecule has 0 fully saturated rings. The van der Waals surface area contributed by atoms with Crippen molar-refractivity contribution < 1.29 is 4.39 Å². The molecule has 1 atom stereocenters. The summed E-state index contributed by atoms with van der Waals surface area (Å²) in [6.45, 7) is 1.83. The Balaban J connectivity index is 2.34. The molecule has 0 bridgehead atoms. The predicted octanol–water partition coefficient (Wildman–Crippen LogP) is 5.12. The van der Waals surface area contributed by atoms with Crippen molar-refractivity contribution in [1.82, 2.24) is 9.55 Å².